The van der Waals surface area contributed by atoms with E-state index in [2.05, 4.69) is 4.98 Å². The standard InChI is InChI=1S/C22H22N2O5/c1-15-7-8-20-23-17(11-21(25)24(20)12-15)13-29-22(26)16-4-2-5-18(10-16)28-14-19-6-3-9-27-19/h2,4-5,7-8,10-12,19H,3,6,9,13-14H2,1H3/t19-/m0/s1. The number of aryl methyl sites for hydroxylation is 1. The first-order chi connectivity index (χ1) is 14.1. The molecule has 7 nitrogen and oxygen atoms in total. The highest BCUT2D eigenvalue weighted by molar-refractivity contribution is 5.89. The third-order valence-corrected chi connectivity index (χ3v) is 4.74. The van der Waals surface area contributed by atoms with Crippen LogP contribution in [-0.2, 0) is 16.1 Å². The van der Waals surface area contributed by atoms with Gasteiger partial charge in [0.15, 0.2) is 0 Å². The van der Waals surface area contributed by atoms with E-state index in [9.17, 15) is 9.59 Å². The summed E-state index contributed by atoms with van der Waals surface area (Å²) >= 11 is 0. The average Bonchev–Trinajstić information content (AvgIpc) is 3.25. The fourth-order valence-electron chi connectivity index (χ4n) is 3.23. The van der Waals surface area contributed by atoms with Crippen molar-refractivity contribution in [2.75, 3.05) is 13.2 Å². The molecule has 0 aliphatic carbocycles. The average molecular weight is 394 g/mol. The van der Waals surface area contributed by atoms with Crippen LogP contribution in [0.3, 0.4) is 0 Å². The molecule has 0 N–H and O–H groups in total. The van der Waals surface area contributed by atoms with Gasteiger partial charge >= 0.3 is 5.97 Å². The number of rotatable bonds is 6. The number of ether oxygens (including phenoxy) is 3. The van der Waals surface area contributed by atoms with Gasteiger partial charge in [-0.25, -0.2) is 9.78 Å². The Bertz CT molecular complexity index is 1090. The molecule has 1 aliphatic rings. The lowest BCUT2D eigenvalue weighted by Crippen LogP contribution is -2.17. The van der Waals surface area contributed by atoms with Gasteiger partial charge in [0, 0.05) is 18.9 Å². The van der Waals surface area contributed by atoms with Crippen molar-refractivity contribution >= 4 is 11.6 Å². The van der Waals surface area contributed by atoms with Gasteiger partial charge in [0.1, 0.15) is 24.6 Å². The van der Waals surface area contributed by atoms with Crippen molar-refractivity contribution in [2.45, 2.75) is 32.5 Å². The predicted octanol–water partition coefficient (Wildman–Crippen LogP) is 2.92. The highest BCUT2D eigenvalue weighted by Crippen LogP contribution is 2.18. The van der Waals surface area contributed by atoms with Crippen LogP contribution in [0, 0.1) is 6.92 Å². The predicted molar refractivity (Wildman–Crippen MR) is 106 cm³/mol. The Morgan fingerprint density at radius 3 is 3.00 bits per heavy atom. The second-order valence-corrected chi connectivity index (χ2v) is 7.07. The van der Waals surface area contributed by atoms with E-state index in [-0.39, 0.29) is 18.3 Å². The lowest BCUT2D eigenvalue weighted by molar-refractivity contribution is 0.0466. The molecule has 29 heavy (non-hydrogen) atoms. The summed E-state index contributed by atoms with van der Waals surface area (Å²) in [6, 6.07) is 11.8. The molecule has 1 fully saturated rings. The monoisotopic (exact) mass is 394 g/mol. The smallest absolute Gasteiger partial charge is 0.338 e. The molecule has 0 unspecified atom stereocenters. The number of hydrogen-bond donors (Lipinski definition) is 0. The molecule has 1 atom stereocenters. The van der Waals surface area contributed by atoms with Crippen molar-refractivity contribution < 1.29 is 19.0 Å². The Labute approximate surface area is 167 Å². The highest BCUT2D eigenvalue weighted by Gasteiger charge is 2.16. The number of carbonyl (C=O) groups excluding carboxylic acids is 1. The van der Waals surface area contributed by atoms with Crippen molar-refractivity contribution in [3.05, 3.63) is 75.8 Å². The Kier molecular flexibility index (Phi) is 5.57. The second-order valence-electron chi connectivity index (χ2n) is 7.07. The molecule has 0 amide bonds. The van der Waals surface area contributed by atoms with Gasteiger partial charge in [0.2, 0.25) is 0 Å². The van der Waals surface area contributed by atoms with Crippen molar-refractivity contribution in [2.24, 2.45) is 0 Å². The molecule has 4 rings (SSSR count). The van der Waals surface area contributed by atoms with Gasteiger partial charge < -0.3 is 14.2 Å². The zero-order valence-electron chi connectivity index (χ0n) is 16.2. The lowest BCUT2D eigenvalue weighted by atomic mass is 10.2. The molecule has 1 aliphatic heterocycles. The van der Waals surface area contributed by atoms with Gasteiger partial charge in [-0.1, -0.05) is 12.1 Å². The Hall–Kier alpha value is -3.19. The van der Waals surface area contributed by atoms with E-state index < -0.39 is 5.97 Å². The maximum Gasteiger partial charge on any atom is 0.338 e. The second kappa shape index (κ2) is 8.45. The third-order valence-electron chi connectivity index (χ3n) is 4.74. The van der Waals surface area contributed by atoms with Crippen molar-refractivity contribution in [1.29, 1.82) is 0 Å². The summed E-state index contributed by atoms with van der Waals surface area (Å²) in [4.78, 5) is 29.0. The molecule has 3 heterocycles. The van der Waals surface area contributed by atoms with E-state index in [1.165, 1.54) is 10.5 Å². The summed E-state index contributed by atoms with van der Waals surface area (Å²) in [5.74, 6) is 0.0888. The zero-order chi connectivity index (χ0) is 20.2. The van der Waals surface area contributed by atoms with Gasteiger partial charge in [-0.3, -0.25) is 9.20 Å². The first-order valence-electron chi connectivity index (χ1n) is 9.59. The van der Waals surface area contributed by atoms with Crippen LogP contribution in [0.5, 0.6) is 5.75 Å². The van der Waals surface area contributed by atoms with Crippen LogP contribution in [0.15, 0.2) is 53.5 Å². The summed E-state index contributed by atoms with van der Waals surface area (Å²) in [7, 11) is 0. The summed E-state index contributed by atoms with van der Waals surface area (Å²) in [5.41, 5.74) is 2.04. The molecule has 0 bridgehead atoms. The minimum atomic E-state index is -0.501. The van der Waals surface area contributed by atoms with E-state index >= 15 is 0 Å². The van der Waals surface area contributed by atoms with Crippen molar-refractivity contribution in [3.63, 3.8) is 0 Å². The Morgan fingerprint density at radius 2 is 2.17 bits per heavy atom. The van der Waals surface area contributed by atoms with Gasteiger partial charge in [0.25, 0.3) is 5.56 Å². The number of esters is 1. The van der Waals surface area contributed by atoms with E-state index in [4.69, 9.17) is 14.2 Å². The molecule has 1 aromatic carbocycles. The lowest BCUT2D eigenvalue weighted by Gasteiger charge is -2.12. The summed E-state index contributed by atoms with van der Waals surface area (Å²) in [6.07, 6.45) is 3.86. The van der Waals surface area contributed by atoms with Crippen LogP contribution in [0.4, 0.5) is 0 Å². The number of hydrogen-bond acceptors (Lipinski definition) is 6. The van der Waals surface area contributed by atoms with E-state index in [1.807, 2.05) is 13.0 Å². The van der Waals surface area contributed by atoms with E-state index in [0.717, 1.165) is 25.0 Å². The fraction of sp³-hybridized carbons (Fsp3) is 0.318. The van der Waals surface area contributed by atoms with Gasteiger partial charge in [-0.15, -0.1) is 0 Å². The summed E-state index contributed by atoms with van der Waals surface area (Å²) in [6.45, 7) is 3.05. The van der Waals surface area contributed by atoms with Crippen molar-refractivity contribution in [1.82, 2.24) is 9.38 Å². The first-order valence-corrected chi connectivity index (χ1v) is 9.59. The summed E-state index contributed by atoms with van der Waals surface area (Å²) < 4.78 is 18.1. The van der Waals surface area contributed by atoms with Crippen LogP contribution < -0.4 is 10.3 Å². The molecule has 0 saturated carbocycles. The van der Waals surface area contributed by atoms with Crippen molar-refractivity contribution in [3.8, 4) is 5.75 Å². The van der Waals surface area contributed by atoms with Gasteiger partial charge in [-0.05, 0) is 49.6 Å². The van der Waals surface area contributed by atoms with Crippen LogP contribution in [0.25, 0.3) is 5.65 Å². The molecule has 150 valence electrons. The van der Waals surface area contributed by atoms with Crippen LogP contribution in [0.1, 0.15) is 34.5 Å². The number of pyridine rings is 1. The summed E-state index contributed by atoms with van der Waals surface area (Å²) in [5, 5.41) is 0. The molecule has 3 aromatic rings. The maximum absolute atomic E-state index is 12.4. The molecular weight excluding hydrogens is 372 g/mol. The maximum atomic E-state index is 12.4. The normalized spacial score (nSPS) is 16.1. The molecular formula is C22H22N2O5. The van der Waals surface area contributed by atoms with Crippen LogP contribution >= 0.6 is 0 Å². The molecule has 0 radical (unpaired) electrons. The minimum absolute atomic E-state index is 0.0839. The number of fused-ring (bicyclic) bond motifs is 1. The fourth-order valence-corrected chi connectivity index (χ4v) is 3.23. The zero-order valence-corrected chi connectivity index (χ0v) is 16.2. The number of carbonyl (C=O) groups is 1. The molecule has 1 saturated heterocycles. The Balaban J connectivity index is 1.40. The van der Waals surface area contributed by atoms with E-state index in [0.29, 0.717) is 29.3 Å². The van der Waals surface area contributed by atoms with Crippen LogP contribution in [-0.4, -0.2) is 34.7 Å². The molecule has 2 aromatic heterocycles. The Morgan fingerprint density at radius 1 is 1.28 bits per heavy atom. The molecule has 7 heteroatoms. The van der Waals surface area contributed by atoms with Crippen LogP contribution in [0.2, 0.25) is 0 Å². The quantitative estimate of drug-likeness (QED) is 0.598. The van der Waals surface area contributed by atoms with Gasteiger partial charge in [0.05, 0.1) is 17.4 Å². The highest BCUT2D eigenvalue weighted by atomic mass is 16.5. The largest absolute Gasteiger partial charge is 0.491 e. The van der Waals surface area contributed by atoms with E-state index in [1.54, 1.807) is 36.5 Å². The SMILES string of the molecule is Cc1ccc2nc(COC(=O)c3cccc(OC[C@@H]4CCCO4)c3)cc(=O)n2c1. The minimum Gasteiger partial charge on any atom is -0.491 e. The first kappa shape index (κ1) is 19.1. The number of benzene rings is 1. The number of aromatic nitrogens is 2. The molecule has 0 spiro atoms. The number of nitrogens with zero attached hydrogens (tertiary/aromatic N) is 2. The topological polar surface area (TPSA) is 79.1 Å². The van der Waals surface area contributed by atoms with Gasteiger partial charge in [-0.2, -0.15) is 0 Å². The third kappa shape index (κ3) is 4.63.